The van der Waals surface area contributed by atoms with E-state index in [2.05, 4.69) is 10.5 Å². The lowest BCUT2D eigenvalue weighted by molar-refractivity contribution is -0.129. The van der Waals surface area contributed by atoms with Crippen molar-refractivity contribution in [2.75, 3.05) is 5.43 Å². The molecule has 2 N–H and O–H groups in total. The van der Waals surface area contributed by atoms with Gasteiger partial charge in [0.05, 0.1) is 10.7 Å². The average molecular weight is 233 g/mol. The zero-order chi connectivity index (χ0) is 10.6. The number of halogens is 2. The fourth-order valence-corrected chi connectivity index (χ4v) is 0.929. The number of carboxylic acids is 1. The zero-order valence-corrected chi connectivity index (χ0v) is 8.38. The predicted molar refractivity (Wildman–Crippen MR) is 56.0 cm³/mol. The fraction of sp³-hybridized carbons (Fsp3) is 0. The summed E-state index contributed by atoms with van der Waals surface area (Å²) in [7, 11) is 0. The number of nitrogens with one attached hydrogen (secondary N) is 1. The van der Waals surface area contributed by atoms with Crippen LogP contribution in [0.2, 0.25) is 5.02 Å². The van der Waals surface area contributed by atoms with Crippen molar-refractivity contribution < 1.29 is 9.90 Å². The molecule has 0 saturated heterocycles. The van der Waals surface area contributed by atoms with Crippen LogP contribution in [0.15, 0.2) is 29.4 Å². The number of hydrogen-bond acceptors (Lipinski definition) is 3. The Balaban J connectivity index is 2.76. The van der Waals surface area contributed by atoms with Gasteiger partial charge in [-0.2, -0.15) is 5.10 Å². The van der Waals surface area contributed by atoms with Gasteiger partial charge >= 0.3 is 5.97 Å². The minimum atomic E-state index is -1.30. The minimum absolute atomic E-state index is 0.436. The van der Waals surface area contributed by atoms with Gasteiger partial charge in [-0.3, -0.25) is 5.43 Å². The molecule has 0 radical (unpaired) electrons. The number of rotatable bonds is 3. The van der Waals surface area contributed by atoms with E-state index in [4.69, 9.17) is 28.3 Å². The maximum Gasteiger partial charge on any atom is 0.368 e. The first-order valence-electron chi connectivity index (χ1n) is 3.58. The van der Waals surface area contributed by atoms with E-state index in [1.165, 1.54) is 0 Å². The van der Waals surface area contributed by atoms with Gasteiger partial charge in [0, 0.05) is 0 Å². The number of hydrogen-bond donors (Lipinski definition) is 2. The maximum absolute atomic E-state index is 10.3. The van der Waals surface area contributed by atoms with E-state index in [9.17, 15) is 4.79 Å². The molecule has 1 rings (SSSR count). The van der Waals surface area contributed by atoms with E-state index in [1.807, 2.05) is 0 Å². The first-order valence-corrected chi connectivity index (χ1v) is 4.34. The molecule has 0 fully saturated rings. The third-order valence-corrected chi connectivity index (χ3v) is 1.90. The number of para-hydroxylation sites is 1. The predicted octanol–water partition coefficient (Wildman–Crippen LogP) is 2.39. The Kier molecular flexibility index (Phi) is 3.73. The van der Waals surface area contributed by atoms with Gasteiger partial charge in [0.25, 0.3) is 0 Å². The van der Waals surface area contributed by atoms with E-state index in [1.54, 1.807) is 24.3 Å². The summed E-state index contributed by atoms with van der Waals surface area (Å²) in [6.07, 6.45) is 0. The zero-order valence-electron chi connectivity index (χ0n) is 6.87. The lowest BCUT2D eigenvalue weighted by Crippen LogP contribution is -2.07. The molecule has 0 unspecified atom stereocenters. The smallest absolute Gasteiger partial charge is 0.368 e. The third kappa shape index (κ3) is 2.90. The van der Waals surface area contributed by atoms with Crippen molar-refractivity contribution in [3.63, 3.8) is 0 Å². The molecule has 6 heteroatoms. The minimum Gasteiger partial charge on any atom is -0.476 e. The summed E-state index contributed by atoms with van der Waals surface area (Å²) in [5, 5.41) is 11.7. The maximum atomic E-state index is 10.3. The number of carbonyl (C=O) groups is 1. The highest BCUT2D eigenvalue weighted by molar-refractivity contribution is 6.81. The normalized spacial score (nSPS) is 11.1. The van der Waals surface area contributed by atoms with Gasteiger partial charge in [0.2, 0.25) is 5.17 Å². The van der Waals surface area contributed by atoms with Crippen LogP contribution in [-0.2, 0) is 4.79 Å². The molecule has 0 amide bonds. The molecule has 0 heterocycles. The van der Waals surface area contributed by atoms with Crippen LogP contribution in [0.5, 0.6) is 0 Å². The Hall–Kier alpha value is -1.26. The highest BCUT2D eigenvalue weighted by atomic mass is 35.5. The molecule has 0 bridgehead atoms. The van der Waals surface area contributed by atoms with Crippen molar-refractivity contribution in [1.29, 1.82) is 0 Å². The Labute approximate surface area is 90.1 Å². The number of benzene rings is 1. The molecular formula is C8H6Cl2N2O2. The van der Waals surface area contributed by atoms with E-state index < -0.39 is 11.1 Å². The van der Waals surface area contributed by atoms with Crippen LogP contribution in [0.3, 0.4) is 0 Å². The molecule has 0 aliphatic rings. The molecule has 74 valence electrons. The fourth-order valence-electron chi connectivity index (χ4n) is 0.709. The standard InChI is InChI=1S/C8H6Cl2N2O2/c9-5-3-1-2-4-6(5)11-12-7(10)8(13)14/h1-4,11H,(H,13,14)/b12-7+. The number of anilines is 1. The molecule has 14 heavy (non-hydrogen) atoms. The highest BCUT2D eigenvalue weighted by Gasteiger charge is 2.04. The molecule has 0 aliphatic heterocycles. The van der Waals surface area contributed by atoms with Crippen LogP contribution < -0.4 is 5.43 Å². The quantitative estimate of drug-likeness (QED) is 0.622. The largest absolute Gasteiger partial charge is 0.476 e. The lowest BCUT2D eigenvalue weighted by atomic mass is 10.3. The number of nitrogens with zero attached hydrogens (tertiary/aromatic N) is 1. The SMILES string of the molecule is O=C(O)/C(Cl)=N\Nc1ccccc1Cl. The Bertz CT molecular complexity index is 379. The van der Waals surface area contributed by atoms with E-state index in [0.29, 0.717) is 10.7 Å². The summed E-state index contributed by atoms with van der Waals surface area (Å²) in [5.74, 6) is -1.30. The summed E-state index contributed by atoms with van der Waals surface area (Å²) >= 11 is 11.0. The summed E-state index contributed by atoms with van der Waals surface area (Å²) in [5.41, 5.74) is 2.93. The van der Waals surface area contributed by atoms with Gasteiger partial charge in [-0.25, -0.2) is 4.79 Å². The summed E-state index contributed by atoms with van der Waals surface area (Å²) in [6, 6.07) is 6.78. The van der Waals surface area contributed by atoms with E-state index >= 15 is 0 Å². The van der Waals surface area contributed by atoms with E-state index in [-0.39, 0.29) is 0 Å². The van der Waals surface area contributed by atoms with Crippen LogP contribution in [-0.4, -0.2) is 16.2 Å². The summed E-state index contributed by atoms with van der Waals surface area (Å²) in [6.45, 7) is 0. The second-order valence-electron chi connectivity index (χ2n) is 2.30. The second-order valence-corrected chi connectivity index (χ2v) is 3.06. The number of hydrazone groups is 1. The van der Waals surface area contributed by atoms with Crippen LogP contribution in [0, 0.1) is 0 Å². The highest BCUT2D eigenvalue weighted by Crippen LogP contribution is 2.20. The van der Waals surface area contributed by atoms with Crippen LogP contribution >= 0.6 is 23.2 Å². The monoisotopic (exact) mass is 232 g/mol. The third-order valence-electron chi connectivity index (χ3n) is 1.32. The molecule has 1 aromatic rings. The Morgan fingerprint density at radius 2 is 2.07 bits per heavy atom. The van der Waals surface area contributed by atoms with Crippen molar-refractivity contribution >= 4 is 40.0 Å². The number of aliphatic carboxylic acids is 1. The summed E-state index contributed by atoms with van der Waals surface area (Å²) < 4.78 is 0. The van der Waals surface area contributed by atoms with Gasteiger partial charge in [-0.15, -0.1) is 0 Å². The molecule has 4 nitrogen and oxygen atoms in total. The van der Waals surface area contributed by atoms with Gasteiger partial charge in [0.15, 0.2) is 0 Å². The lowest BCUT2D eigenvalue weighted by Gasteiger charge is -2.01. The first-order chi connectivity index (χ1) is 6.61. The molecule has 0 saturated carbocycles. The van der Waals surface area contributed by atoms with Crippen LogP contribution in [0.25, 0.3) is 0 Å². The second kappa shape index (κ2) is 4.83. The topological polar surface area (TPSA) is 61.7 Å². The molecule has 0 spiro atoms. The molecule has 0 aromatic heterocycles. The molecule has 0 aliphatic carbocycles. The van der Waals surface area contributed by atoms with E-state index in [0.717, 1.165) is 0 Å². The van der Waals surface area contributed by atoms with Crippen LogP contribution in [0.1, 0.15) is 0 Å². The van der Waals surface area contributed by atoms with Gasteiger partial charge in [-0.1, -0.05) is 35.3 Å². The Morgan fingerprint density at radius 3 is 2.64 bits per heavy atom. The van der Waals surface area contributed by atoms with Crippen molar-refractivity contribution in [2.24, 2.45) is 5.10 Å². The Morgan fingerprint density at radius 1 is 1.43 bits per heavy atom. The van der Waals surface area contributed by atoms with Crippen molar-refractivity contribution in [2.45, 2.75) is 0 Å². The van der Waals surface area contributed by atoms with Crippen molar-refractivity contribution in [3.05, 3.63) is 29.3 Å². The molecule has 1 aromatic carbocycles. The van der Waals surface area contributed by atoms with Crippen molar-refractivity contribution in [3.8, 4) is 0 Å². The van der Waals surface area contributed by atoms with Crippen LogP contribution in [0.4, 0.5) is 5.69 Å². The number of carboxylic acid groups (broad SMARTS) is 1. The molecule has 0 atom stereocenters. The van der Waals surface area contributed by atoms with Crippen molar-refractivity contribution in [1.82, 2.24) is 0 Å². The average Bonchev–Trinajstić information content (AvgIpc) is 2.16. The van der Waals surface area contributed by atoms with Gasteiger partial charge < -0.3 is 5.11 Å². The van der Waals surface area contributed by atoms with Gasteiger partial charge in [-0.05, 0) is 12.1 Å². The first kappa shape index (κ1) is 10.8. The summed E-state index contributed by atoms with van der Waals surface area (Å²) in [4.78, 5) is 10.3. The van der Waals surface area contributed by atoms with Gasteiger partial charge in [0.1, 0.15) is 0 Å². The molecular weight excluding hydrogens is 227 g/mol.